The molecule has 66 valence electrons. The monoisotopic (exact) mass is 228 g/mol. The molecule has 2 nitrogen and oxygen atoms in total. The fraction of sp³-hybridized carbons (Fsp3) is 0.333. The summed E-state index contributed by atoms with van der Waals surface area (Å²) >= 11 is 3.43. The normalized spacial score (nSPS) is 10.2. The molecule has 0 aromatic heterocycles. The van der Waals surface area contributed by atoms with Gasteiger partial charge in [0.1, 0.15) is 0 Å². The Morgan fingerprint density at radius 3 is 2.92 bits per heavy atom. The number of hydrogen-bond donors (Lipinski definition) is 2. The van der Waals surface area contributed by atoms with Crippen molar-refractivity contribution >= 4 is 15.9 Å². The van der Waals surface area contributed by atoms with E-state index in [9.17, 15) is 0 Å². The minimum atomic E-state index is 0.520. The van der Waals surface area contributed by atoms with E-state index in [0.717, 1.165) is 11.0 Å². The molecule has 0 aliphatic rings. The second-order valence-corrected chi connectivity index (χ2v) is 3.62. The van der Waals surface area contributed by atoms with Gasteiger partial charge < -0.3 is 11.1 Å². The first kappa shape index (κ1) is 9.71. The smallest absolute Gasteiger partial charge is 0.0431 e. The second-order valence-electron chi connectivity index (χ2n) is 2.70. The highest BCUT2D eigenvalue weighted by Crippen LogP contribution is 2.15. The van der Waals surface area contributed by atoms with Crippen molar-refractivity contribution in [1.82, 2.24) is 5.32 Å². The van der Waals surface area contributed by atoms with Crippen LogP contribution in [0.4, 0.5) is 0 Å². The Kier molecular flexibility index (Phi) is 3.72. The molecule has 1 rings (SSSR count). The van der Waals surface area contributed by atoms with Crippen molar-refractivity contribution in [1.29, 1.82) is 0 Å². The summed E-state index contributed by atoms with van der Waals surface area (Å²) < 4.78 is 1.11. The molecule has 0 saturated carbocycles. The topological polar surface area (TPSA) is 38.0 Å². The lowest BCUT2D eigenvalue weighted by atomic mass is 10.1. The van der Waals surface area contributed by atoms with Crippen molar-refractivity contribution in [2.24, 2.45) is 5.73 Å². The highest BCUT2D eigenvalue weighted by molar-refractivity contribution is 9.10. The number of nitrogens with one attached hydrogen (secondary N) is 1. The summed E-state index contributed by atoms with van der Waals surface area (Å²) in [4.78, 5) is 0. The van der Waals surface area contributed by atoms with E-state index in [1.807, 2.05) is 6.07 Å². The highest BCUT2D eigenvalue weighted by atomic mass is 79.9. The van der Waals surface area contributed by atoms with Crippen LogP contribution in [0.25, 0.3) is 0 Å². The van der Waals surface area contributed by atoms with E-state index < -0.39 is 0 Å². The third kappa shape index (κ3) is 2.59. The van der Waals surface area contributed by atoms with Crippen LogP contribution in [0.2, 0.25) is 0 Å². The zero-order valence-electron chi connectivity index (χ0n) is 7.10. The molecule has 3 N–H and O–H groups in total. The van der Waals surface area contributed by atoms with Gasteiger partial charge in [0, 0.05) is 17.7 Å². The average Bonchev–Trinajstić information content (AvgIpc) is 2.07. The summed E-state index contributed by atoms with van der Waals surface area (Å²) in [6.07, 6.45) is 0. The Morgan fingerprint density at radius 1 is 1.50 bits per heavy atom. The van der Waals surface area contributed by atoms with Gasteiger partial charge >= 0.3 is 0 Å². The number of hydrogen-bond acceptors (Lipinski definition) is 2. The van der Waals surface area contributed by atoms with Crippen molar-refractivity contribution in [2.75, 3.05) is 6.67 Å². The molecule has 0 atom stereocenters. The predicted molar refractivity (Wildman–Crippen MR) is 54.8 cm³/mol. The van der Waals surface area contributed by atoms with E-state index in [1.165, 1.54) is 11.1 Å². The van der Waals surface area contributed by atoms with Gasteiger partial charge in [0.05, 0.1) is 0 Å². The second kappa shape index (κ2) is 4.60. The Morgan fingerprint density at radius 2 is 2.25 bits per heavy atom. The standard InChI is InChI=1S/C9H13BrN2/c1-7-2-3-9(10)4-8(7)5-12-6-11/h2-4,12H,5-6,11H2,1H3. The first-order valence-electron chi connectivity index (χ1n) is 3.90. The Labute approximate surface area is 81.3 Å². The molecule has 0 unspecified atom stereocenters. The van der Waals surface area contributed by atoms with E-state index in [1.54, 1.807) is 0 Å². The number of aryl methyl sites for hydroxylation is 1. The first-order valence-corrected chi connectivity index (χ1v) is 4.69. The molecule has 0 fully saturated rings. The third-order valence-corrected chi connectivity index (χ3v) is 2.26. The van der Waals surface area contributed by atoms with Gasteiger partial charge in [0.15, 0.2) is 0 Å². The summed E-state index contributed by atoms with van der Waals surface area (Å²) in [7, 11) is 0. The van der Waals surface area contributed by atoms with Gasteiger partial charge in [0.25, 0.3) is 0 Å². The van der Waals surface area contributed by atoms with E-state index in [4.69, 9.17) is 5.73 Å². The highest BCUT2D eigenvalue weighted by Gasteiger charge is 1.97. The predicted octanol–water partition coefficient (Wildman–Crippen LogP) is 1.76. The molecule has 0 heterocycles. The summed E-state index contributed by atoms with van der Waals surface area (Å²) in [6.45, 7) is 3.45. The summed E-state index contributed by atoms with van der Waals surface area (Å²) in [5.74, 6) is 0. The van der Waals surface area contributed by atoms with E-state index in [2.05, 4.69) is 40.3 Å². The van der Waals surface area contributed by atoms with Crippen LogP contribution in [0, 0.1) is 6.92 Å². The van der Waals surface area contributed by atoms with Gasteiger partial charge in [-0.15, -0.1) is 0 Å². The molecule has 3 heteroatoms. The van der Waals surface area contributed by atoms with Crippen LogP contribution in [-0.4, -0.2) is 6.67 Å². The largest absolute Gasteiger partial charge is 0.318 e. The minimum Gasteiger partial charge on any atom is -0.318 e. The maximum absolute atomic E-state index is 5.34. The van der Waals surface area contributed by atoms with Gasteiger partial charge in [0.2, 0.25) is 0 Å². The quantitative estimate of drug-likeness (QED) is 0.775. The lowest BCUT2D eigenvalue weighted by molar-refractivity contribution is 0.706. The zero-order valence-corrected chi connectivity index (χ0v) is 8.69. The van der Waals surface area contributed by atoms with Crippen molar-refractivity contribution in [3.05, 3.63) is 33.8 Å². The molecular weight excluding hydrogens is 216 g/mol. The molecule has 0 saturated heterocycles. The molecule has 0 amide bonds. The van der Waals surface area contributed by atoms with Crippen LogP contribution < -0.4 is 11.1 Å². The van der Waals surface area contributed by atoms with Gasteiger partial charge in [-0.25, -0.2) is 0 Å². The van der Waals surface area contributed by atoms with Crippen molar-refractivity contribution in [3.63, 3.8) is 0 Å². The Hall–Kier alpha value is -0.380. The molecule has 1 aromatic rings. The van der Waals surface area contributed by atoms with Gasteiger partial charge in [-0.1, -0.05) is 22.0 Å². The fourth-order valence-electron chi connectivity index (χ4n) is 1.04. The van der Waals surface area contributed by atoms with Crippen LogP contribution in [0.3, 0.4) is 0 Å². The lowest BCUT2D eigenvalue weighted by Gasteiger charge is -2.06. The molecule has 1 aromatic carbocycles. The fourth-order valence-corrected chi connectivity index (χ4v) is 1.45. The molecule has 0 radical (unpaired) electrons. The molecule has 0 bridgehead atoms. The van der Waals surface area contributed by atoms with Crippen LogP contribution in [0.15, 0.2) is 22.7 Å². The molecule has 0 aliphatic carbocycles. The molecular formula is C9H13BrN2. The van der Waals surface area contributed by atoms with Crippen LogP contribution in [0.1, 0.15) is 11.1 Å². The van der Waals surface area contributed by atoms with Crippen LogP contribution in [-0.2, 0) is 6.54 Å². The summed E-state index contributed by atoms with van der Waals surface area (Å²) in [5, 5.41) is 3.09. The summed E-state index contributed by atoms with van der Waals surface area (Å²) in [5.41, 5.74) is 7.92. The van der Waals surface area contributed by atoms with Crippen molar-refractivity contribution in [2.45, 2.75) is 13.5 Å². The van der Waals surface area contributed by atoms with Gasteiger partial charge in [-0.05, 0) is 30.2 Å². The molecule has 0 aliphatic heterocycles. The van der Waals surface area contributed by atoms with Crippen LogP contribution >= 0.6 is 15.9 Å². The van der Waals surface area contributed by atoms with Crippen molar-refractivity contribution < 1.29 is 0 Å². The first-order chi connectivity index (χ1) is 5.74. The number of benzene rings is 1. The van der Waals surface area contributed by atoms with E-state index in [-0.39, 0.29) is 0 Å². The maximum atomic E-state index is 5.34. The average molecular weight is 229 g/mol. The minimum absolute atomic E-state index is 0.520. The van der Waals surface area contributed by atoms with Gasteiger partial charge in [-0.3, -0.25) is 0 Å². The number of rotatable bonds is 3. The molecule has 12 heavy (non-hydrogen) atoms. The van der Waals surface area contributed by atoms with E-state index in [0.29, 0.717) is 6.67 Å². The van der Waals surface area contributed by atoms with Crippen LogP contribution in [0.5, 0.6) is 0 Å². The zero-order chi connectivity index (χ0) is 8.97. The van der Waals surface area contributed by atoms with E-state index >= 15 is 0 Å². The van der Waals surface area contributed by atoms with Gasteiger partial charge in [-0.2, -0.15) is 0 Å². The SMILES string of the molecule is Cc1ccc(Br)cc1CNCN. The maximum Gasteiger partial charge on any atom is 0.0431 e. The Bertz CT molecular complexity index is 261. The number of nitrogens with two attached hydrogens (primary N) is 1. The number of halogens is 1. The van der Waals surface area contributed by atoms with Crippen molar-refractivity contribution in [3.8, 4) is 0 Å². The molecule has 0 spiro atoms. The third-order valence-electron chi connectivity index (χ3n) is 1.77. The summed E-state index contributed by atoms with van der Waals surface area (Å²) in [6, 6.07) is 6.25. The Balaban J connectivity index is 2.75. The lowest BCUT2D eigenvalue weighted by Crippen LogP contribution is -2.21.